The fourth-order valence-electron chi connectivity index (χ4n) is 1.99. The first-order chi connectivity index (χ1) is 9.17. The lowest BCUT2D eigenvalue weighted by Gasteiger charge is -2.17. The van der Waals surface area contributed by atoms with Gasteiger partial charge in [-0.25, -0.2) is 9.97 Å². The molecule has 0 aliphatic heterocycles. The first-order valence-corrected chi connectivity index (χ1v) is 6.72. The molecule has 0 aliphatic carbocycles. The summed E-state index contributed by atoms with van der Waals surface area (Å²) < 4.78 is 1.91. The summed E-state index contributed by atoms with van der Waals surface area (Å²) in [5, 5.41) is 8.15. The van der Waals surface area contributed by atoms with E-state index in [0.717, 1.165) is 24.2 Å². The van der Waals surface area contributed by atoms with Gasteiger partial charge in [-0.2, -0.15) is 5.10 Å². The first-order valence-electron chi connectivity index (χ1n) is 6.34. The lowest BCUT2D eigenvalue weighted by molar-refractivity contribution is 0.522. The van der Waals surface area contributed by atoms with Crippen molar-refractivity contribution in [2.24, 2.45) is 0 Å². The van der Waals surface area contributed by atoms with Gasteiger partial charge in [0.05, 0.1) is 16.9 Å². The number of aryl methyl sites for hydroxylation is 2. The Bertz CT molecular complexity index is 534. The zero-order valence-corrected chi connectivity index (χ0v) is 12.1. The number of hydrogen-bond donors (Lipinski definition) is 1. The highest BCUT2D eigenvalue weighted by atomic mass is 35.5. The number of halogens is 1. The SMILES string of the molecule is CCCn1ncc(Cl)c1C(NC)c1ncc(C)cn1. The Balaban J connectivity index is 2.41. The van der Waals surface area contributed by atoms with Gasteiger partial charge in [-0.3, -0.25) is 4.68 Å². The van der Waals surface area contributed by atoms with Crippen LogP contribution < -0.4 is 5.32 Å². The summed E-state index contributed by atoms with van der Waals surface area (Å²) in [5.41, 5.74) is 1.95. The van der Waals surface area contributed by atoms with Gasteiger partial charge in [-0.05, 0) is 26.0 Å². The summed E-state index contributed by atoms with van der Waals surface area (Å²) in [6.45, 7) is 4.90. The molecule has 0 amide bonds. The van der Waals surface area contributed by atoms with E-state index in [9.17, 15) is 0 Å². The Morgan fingerprint density at radius 2 is 2.00 bits per heavy atom. The predicted molar refractivity (Wildman–Crippen MR) is 75.2 cm³/mol. The summed E-state index contributed by atoms with van der Waals surface area (Å²) in [4.78, 5) is 8.75. The third-order valence-corrected chi connectivity index (χ3v) is 3.18. The molecule has 1 atom stereocenters. The molecule has 0 radical (unpaired) electrons. The van der Waals surface area contributed by atoms with Crippen LogP contribution in [0.4, 0.5) is 0 Å². The van der Waals surface area contributed by atoms with Crippen molar-refractivity contribution in [3.8, 4) is 0 Å². The average Bonchev–Trinajstić information content (AvgIpc) is 2.76. The maximum Gasteiger partial charge on any atom is 0.151 e. The molecule has 1 unspecified atom stereocenters. The minimum Gasteiger partial charge on any atom is -0.305 e. The Kier molecular flexibility index (Phi) is 4.50. The van der Waals surface area contributed by atoms with Crippen molar-refractivity contribution in [1.82, 2.24) is 25.1 Å². The van der Waals surface area contributed by atoms with E-state index >= 15 is 0 Å². The van der Waals surface area contributed by atoms with E-state index in [1.54, 1.807) is 18.6 Å². The molecule has 0 saturated carbocycles. The van der Waals surface area contributed by atoms with Crippen LogP contribution in [-0.4, -0.2) is 26.8 Å². The molecule has 19 heavy (non-hydrogen) atoms. The van der Waals surface area contributed by atoms with E-state index in [1.807, 2.05) is 18.7 Å². The Morgan fingerprint density at radius 3 is 2.58 bits per heavy atom. The maximum atomic E-state index is 6.26. The van der Waals surface area contributed by atoms with Crippen molar-refractivity contribution < 1.29 is 0 Å². The average molecular weight is 280 g/mol. The van der Waals surface area contributed by atoms with Gasteiger partial charge in [-0.15, -0.1) is 0 Å². The Morgan fingerprint density at radius 1 is 1.32 bits per heavy atom. The van der Waals surface area contributed by atoms with E-state index in [0.29, 0.717) is 10.8 Å². The van der Waals surface area contributed by atoms with Crippen molar-refractivity contribution >= 4 is 11.6 Å². The van der Waals surface area contributed by atoms with Crippen molar-refractivity contribution in [3.05, 3.63) is 40.7 Å². The van der Waals surface area contributed by atoms with Gasteiger partial charge in [0.25, 0.3) is 0 Å². The molecule has 102 valence electrons. The molecule has 1 N–H and O–H groups in total. The van der Waals surface area contributed by atoms with E-state index in [-0.39, 0.29) is 6.04 Å². The summed E-state index contributed by atoms with van der Waals surface area (Å²) in [7, 11) is 1.87. The normalized spacial score (nSPS) is 12.6. The van der Waals surface area contributed by atoms with Crippen LogP contribution in [0.2, 0.25) is 5.02 Å². The van der Waals surface area contributed by atoms with Crippen molar-refractivity contribution in [1.29, 1.82) is 0 Å². The van der Waals surface area contributed by atoms with Crippen molar-refractivity contribution in [3.63, 3.8) is 0 Å². The second-order valence-corrected chi connectivity index (χ2v) is 4.85. The van der Waals surface area contributed by atoms with E-state index in [1.165, 1.54) is 0 Å². The molecular formula is C13H18ClN5. The molecule has 0 spiro atoms. The minimum absolute atomic E-state index is 0.151. The number of hydrogen-bond acceptors (Lipinski definition) is 4. The molecule has 2 aromatic heterocycles. The molecule has 0 fully saturated rings. The summed E-state index contributed by atoms with van der Waals surface area (Å²) in [6, 6.07) is -0.151. The van der Waals surface area contributed by atoms with Gasteiger partial charge in [0.1, 0.15) is 6.04 Å². The number of nitrogens with one attached hydrogen (secondary N) is 1. The molecule has 0 aliphatic rings. The molecule has 0 aromatic carbocycles. The third kappa shape index (κ3) is 2.93. The highest BCUT2D eigenvalue weighted by Crippen LogP contribution is 2.26. The summed E-state index contributed by atoms with van der Waals surface area (Å²) in [6.07, 6.45) is 6.28. The highest BCUT2D eigenvalue weighted by molar-refractivity contribution is 6.31. The standard InChI is InChI=1S/C13H18ClN5/c1-4-5-19-12(10(14)8-18-19)11(15-3)13-16-6-9(2)7-17-13/h6-8,11,15H,4-5H2,1-3H3. The zero-order chi connectivity index (χ0) is 13.8. The third-order valence-electron chi connectivity index (χ3n) is 2.89. The summed E-state index contributed by atoms with van der Waals surface area (Å²) >= 11 is 6.26. The lowest BCUT2D eigenvalue weighted by atomic mass is 10.2. The van der Waals surface area contributed by atoms with Crippen LogP contribution in [0.3, 0.4) is 0 Å². The number of nitrogens with zero attached hydrogens (tertiary/aromatic N) is 4. The fraction of sp³-hybridized carbons (Fsp3) is 0.462. The number of rotatable bonds is 5. The van der Waals surface area contributed by atoms with Gasteiger partial charge in [0.2, 0.25) is 0 Å². The zero-order valence-electron chi connectivity index (χ0n) is 11.4. The first kappa shape index (κ1) is 14.0. The van der Waals surface area contributed by atoms with Crippen LogP contribution in [0, 0.1) is 6.92 Å². The Hall–Kier alpha value is -1.46. The Labute approximate surface area is 118 Å². The van der Waals surface area contributed by atoms with Crippen LogP contribution in [0.1, 0.15) is 36.5 Å². The molecular weight excluding hydrogens is 262 g/mol. The van der Waals surface area contributed by atoms with E-state index < -0.39 is 0 Å². The fourth-order valence-corrected chi connectivity index (χ4v) is 2.24. The smallest absolute Gasteiger partial charge is 0.151 e. The van der Waals surface area contributed by atoms with Crippen LogP contribution in [0.15, 0.2) is 18.6 Å². The monoisotopic (exact) mass is 279 g/mol. The van der Waals surface area contributed by atoms with Crippen LogP contribution >= 0.6 is 11.6 Å². The van der Waals surface area contributed by atoms with Gasteiger partial charge < -0.3 is 5.32 Å². The molecule has 2 rings (SSSR count). The van der Waals surface area contributed by atoms with Crippen LogP contribution in [0.25, 0.3) is 0 Å². The van der Waals surface area contributed by atoms with Gasteiger partial charge >= 0.3 is 0 Å². The highest BCUT2D eigenvalue weighted by Gasteiger charge is 2.22. The number of aromatic nitrogens is 4. The summed E-state index contributed by atoms with van der Waals surface area (Å²) in [5.74, 6) is 0.702. The molecule has 2 aromatic rings. The van der Waals surface area contributed by atoms with Crippen molar-refractivity contribution in [2.45, 2.75) is 32.9 Å². The second kappa shape index (κ2) is 6.12. The molecule has 6 heteroatoms. The van der Waals surface area contributed by atoms with Crippen molar-refractivity contribution in [2.75, 3.05) is 7.05 Å². The maximum absolute atomic E-state index is 6.26. The quantitative estimate of drug-likeness (QED) is 0.913. The largest absolute Gasteiger partial charge is 0.305 e. The van der Waals surface area contributed by atoms with Crippen LogP contribution in [-0.2, 0) is 6.54 Å². The molecule has 0 saturated heterocycles. The van der Waals surface area contributed by atoms with Gasteiger partial charge in [0, 0.05) is 18.9 Å². The molecule has 2 heterocycles. The second-order valence-electron chi connectivity index (χ2n) is 4.44. The van der Waals surface area contributed by atoms with Crippen LogP contribution in [0.5, 0.6) is 0 Å². The van der Waals surface area contributed by atoms with Gasteiger partial charge in [0.15, 0.2) is 5.82 Å². The van der Waals surface area contributed by atoms with E-state index in [2.05, 4.69) is 27.3 Å². The lowest BCUT2D eigenvalue weighted by Crippen LogP contribution is -2.24. The molecule has 5 nitrogen and oxygen atoms in total. The van der Waals surface area contributed by atoms with Gasteiger partial charge in [-0.1, -0.05) is 18.5 Å². The molecule has 0 bridgehead atoms. The predicted octanol–water partition coefficient (Wildman–Crippen LogP) is 2.35. The van der Waals surface area contributed by atoms with E-state index in [4.69, 9.17) is 11.6 Å². The topological polar surface area (TPSA) is 55.6 Å². The minimum atomic E-state index is -0.151.